The highest BCUT2D eigenvalue weighted by Crippen LogP contribution is 2.59. The lowest BCUT2D eigenvalue weighted by atomic mass is 10.1. The van der Waals surface area contributed by atoms with Gasteiger partial charge in [-0.2, -0.15) is 0 Å². The molecule has 1 saturated carbocycles. The maximum Gasteiger partial charge on any atom is 0.334 e. The normalized spacial score (nSPS) is 20.4. The molecule has 0 radical (unpaired) electrons. The summed E-state index contributed by atoms with van der Waals surface area (Å²) >= 11 is 0. The summed E-state index contributed by atoms with van der Waals surface area (Å²) < 4.78 is 7.35. The number of oxime groups is 1. The predicted octanol–water partition coefficient (Wildman–Crippen LogP) is 1.34. The van der Waals surface area contributed by atoms with Crippen molar-refractivity contribution in [1.82, 2.24) is 9.13 Å². The number of hydrogen-bond donors (Lipinski definition) is 1. The Labute approximate surface area is 163 Å². The first kappa shape index (κ1) is 20.9. The first-order valence-electron chi connectivity index (χ1n) is 8.60. The molecular formula is C20H23N3O5. The number of esters is 1. The van der Waals surface area contributed by atoms with Crippen molar-refractivity contribution in [3.8, 4) is 30.6 Å². The van der Waals surface area contributed by atoms with E-state index in [1.807, 2.05) is 26.8 Å². The van der Waals surface area contributed by atoms with Gasteiger partial charge in [0.15, 0.2) is 13.3 Å². The summed E-state index contributed by atoms with van der Waals surface area (Å²) in [5.74, 6) is 3.43. The van der Waals surface area contributed by atoms with Gasteiger partial charge in [0.05, 0.1) is 24.9 Å². The Bertz CT molecular complexity index is 937. The Hall–Kier alpha value is -3.39. The van der Waals surface area contributed by atoms with Gasteiger partial charge in [-0.3, -0.25) is 9.36 Å². The van der Waals surface area contributed by atoms with Crippen LogP contribution in [0.5, 0.6) is 5.88 Å². The number of nitrogens with zero attached hydrogens (tertiary/aromatic N) is 3. The van der Waals surface area contributed by atoms with Crippen LogP contribution in [0.1, 0.15) is 20.8 Å². The van der Waals surface area contributed by atoms with Crippen molar-refractivity contribution >= 4 is 12.2 Å². The zero-order valence-corrected chi connectivity index (χ0v) is 16.1. The van der Waals surface area contributed by atoms with Crippen LogP contribution in [0.3, 0.4) is 0 Å². The number of allylic oxidation sites excluding steroid dienone is 2. The molecule has 1 heterocycles. The fraction of sp³-hybridized carbons (Fsp3) is 0.450. The zero-order valence-electron chi connectivity index (χ0n) is 16.1. The maximum absolute atomic E-state index is 12.5. The third-order valence-electron chi connectivity index (χ3n) is 4.71. The van der Waals surface area contributed by atoms with E-state index in [1.165, 1.54) is 12.4 Å². The molecule has 0 unspecified atom stereocenters. The number of aromatic hydroxyl groups is 1. The van der Waals surface area contributed by atoms with E-state index < -0.39 is 11.7 Å². The Morgan fingerprint density at radius 1 is 1.43 bits per heavy atom. The summed E-state index contributed by atoms with van der Waals surface area (Å²) in [5.41, 5.74) is -0.0201. The molecule has 0 amide bonds. The zero-order chi connectivity index (χ0) is 20.9. The molecule has 0 aliphatic heterocycles. The van der Waals surface area contributed by atoms with E-state index in [0.717, 1.165) is 14.7 Å². The standard InChI is InChI=1S/C20H23N3O5/c1-6-8-22-12-16(24)23(19(22)26)13-27-18(25)17-15(20(17,4)5)10-14(3)11-21-28-9-7-2/h1-2,10-12,15,17,24H,8-9,13H2,3-5H3/t15-,17+/m1/s1. The molecule has 1 aromatic heterocycles. The Kier molecular flexibility index (Phi) is 6.37. The molecule has 8 nitrogen and oxygen atoms in total. The number of carbonyl (C=O) groups is 1. The van der Waals surface area contributed by atoms with E-state index in [0.29, 0.717) is 0 Å². The fourth-order valence-corrected chi connectivity index (χ4v) is 3.03. The molecular weight excluding hydrogens is 362 g/mol. The first-order chi connectivity index (χ1) is 13.2. The summed E-state index contributed by atoms with van der Waals surface area (Å²) in [6.45, 7) is 5.46. The molecule has 8 heteroatoms. The number of ether oxygens (including phenoxy) is 1. The Balaban J connectivity index is 2.00. The topological polar surface area (TPSA) is 95.0 Å². The summed E-state index contributed by atoms with van der Waals surface area (Å²) in [5, 5.41) is 13.6. The van der Waals surface area contributed by atoms with E-state index in [4.69, 9.17) is 22.4 Å². The van der Waals surface area contributed by atoms with Gasteiger partial charge in [0.2, 0.25) is 5.88 Å². The maximum atomic E-state index is 12.5. The van der Waals surface area contributed by atoms with E-state index >= 15 is 0 Å². The largest absolute Gasteiger partial charge is 0.493 e. The van der Waals surface area contributed by atoms with Crippen molar-refractivity contribution in [2.24, 2.45) is 22.4 Å². The van der Waals surface area contributed by atoms with Crippen LogP contribution in [0, 0.1) is 41.9 Å². The molecule has 0 aromatic carbocycles. The van der Waals surface area contributed by atoms with E-state index in [9.17, 15) is 14.7 Å². The molecule has 148 valence electrons. The second-order valence-electron chi connectivity index (χ2n) is 7.07. The molecule has 28 heavy (non-hydrogen) atoms. The second-order valence-corrected chi connectivity index (χ2v) is 7.07. The van der Waals surface area contributed by atoms with Crippen LogP contribution in [0.15, 0.2) is 27.8 Å². The average Bonchev–Trinajstić information content (AvgIpc) is 3.05. The van der Waals surface area contributed by atoms with Gasteiger partial charge >= 0.3 is 11.7 Å². The second kappa shape index (κ2) is 8.53. The quantitative estimate of drug-likeness (QED) is 0.240. The number of hydrogen-bond acceptors (Lipinski definition) is 6. The van der Waals surface area contributed by atoms with Crippen LogP contribution in [0.4, 0.5) is 0 Å². The minimum atomic E-state index is -0.547. The minimum absolute atomic E-state index is 0.0156. The number of imidazole rings is 1. The highest BCUT2D eigenvalue weighted by atomic mass is 16.6. The van der Waals surface area contributed by atoms with Gasteiger partial charge in [-0.1, -0.05) is 36.9 Å². The molecule has 0 saturated heterocycles. The van der Waals surface area contributed by atoms with Gasteiger partial charge in [-0.15, -0.1) is 12.8 Å². The number of carbonyl (C=O) groups excluding carboxylic acids is 1. The van der Waals surface area contributed by atoms with Gasteiger partial charge < -0.3 is 14.7 Å². The Morgan fingerprint density at radius 3 is 2.79 bits per heavy atom. The van der Waals surface area contributed by atoms with Crippen LogP contribution in [0.25, 0.3) is 0 Å². The van der Waals surface area contributed by atoms with Crippen LogP contribution in [-0.2, 0) is 27.6 Å². The monoisotopic (exact) mass is 385 g/mol. The van der Waals surface area contributed by atoms with Gasteiger partial charge in [-0.25, -0.2) is 9.36 Å². The lowest BCUT2D eigenvalue weighted by Crippen LogP contribution is -2.26. The molecule has 0 bridgehead atoms. The van der Waals surface area contributed by atoms with Crippen molar-refractivity contribution in [1.29, 1.82) is 0 Å². The molecule has 1 aliphatic carbocycles. The summed E-state index contributed by atoms with van der Waals surface area (Å²) in [6, 6.07) is 0. The van der Waals surface area contributed by atoms with E-state index in [1.54, 1.807) is 0 Å². The molecule has 1 aromatic rings. The van der Waals surface area contributed by atoms with Crippen molar-refractivity contribution in [2.45, 2.75) is 34.0 Å². The van der Waals surface area contributed by atoms with Crippen LogP contribution in [-0.4, -0.2) is 33.0 Å². The van der Waals surface area contributed by atoms with Crippen LogP contribution in [0.2, 0.25) is 0 Å². The lowest BCUT2D eigenvalue weighted by Gasteiger charge is -2.06. The molecule has 1 N–H and O–H groups in total. The molecule has 2 rings (SSSR count). The lowest BCUT2D eigenvalue weighted by molar-refractivity contribution is -0.150. The van der Waals surface area contributed by atoms with Crippen LogP contribution < -0.4 is 5.69 Å². The smallest absolute Gasteiger partial charge is 0.334 e. The molecule has 1 fully saturated rings. The SMILES string of the molecule is C#CCON=CC(C)=C[C@@H]1[C@@H](C(=O)OCn2c(O)cn(CC#C)c2=O)C1(C)C. The third-order valence-corrected chi connectivity index (χ3v) is 4.71. The highest BCUT2D eigenvalue weighted by molar-refractivity contribution is 5.81. The Morgan fingerprint density at radius 2 is 2.14 bits per heavy atom. The summed E-state index contributed by atoms with van der Waals surface area (Å²) in [6.07, 6.45) is 14.9. The third kappa shape index (κ3) is 4.47. The van der Waals surface area contributed by atoms with Gasteiger partial charge in [0.25, 0.3) is 0 Å². The van der Waals surface area contributed by atoms with Gasteiger partial charge in [0, 0.05) is 0 Å². The van der Waals surface area contributed by atoms with Crippen molar-refractivity contribution in [3.05, 3.63) is 28.3 Å². The molecule has 0 spiro atoms. The van der Waals surface area contributed by atoms with E-state index in [2.05, 4.69) is 17.0 Å². The van der Waals surface area contributed by atoms with Crippen LogP contribution >= 0.6 is 0 Å². The minimum Gasteiger partial charge on any atom is -0.493 e. The van der Waals surface area contributed by atoms with Crippen molar-refractivity contribution < 1.29 is 19.5 Å². The molecule has 2 atom stereocenters. The van der Waals surface area contributed by atoms with E-state index in [-0.39, 0.29) is 43.0 Å². The number of aromatic nitrogens is 2. The summed E-state index contributed by atoms with van der Waals surface area (Å²) in [4.78, 5) is 29.4. The van der Waals surface area contributed by atoms with Gasteiger partial charge in [-0.05, 0) is 23.8 Å². The predicted molar refractivity (Wildman–Crippen MR) is 103 cm³/mol. The van der Waals surface area contributed by atoms with Gasteiger partial charge in [0.1, 0.15) is 0 Å². The number of rotatable bonds is 8. The van der Waals surface area contributed by atoms with Crippen molar-refractivity contribution in [2.75, 3.05) is 6.61 Å². The summed E-state index contributed by atoms with van der Waals surface area (Å²) in [7, 11) is 0. The molecule has 1 aliphatic rings. The highest BCUT2D eigenvalue weighted by Gasteiger charge is 2.61. The van der Waals surface area contributed by atoms with Crippen molar-refractivity contribution in [3.63, 3.8) is 0 Å². The fourth-order valence-electron chi connectivity index (χ4n) is 3.03. The average molecular weight is 385 g/mol. The first-order valence-corrected chi connectivity index (χ1v) is 8.60. The number of terminal acetylenes is 2.